The lowest BCUT2D eigenvalue weighted by Gasteiger charge is -2.21. The van der Waals surface area contributed by atoms with Crippen molar-refractivity contribution in [2.75, 3.05) is 6.61 Å². The van der Waals surface area contributed by atoms with E-state index in [1.807, 2.05) is 0 Å². The smallest absolute Gasteiger partial charge is 0.145 e. The molecule has 0 atom stereocenters. The van der Waals surface area contributed by atoms with Crippen LogP contribution in [0.1, 0.15) is 37.7 Å². The molecule has 0 aliphatic heterocycles. The van der Waals surface area contributed by atoms with E-state index in [0.29, 0.717) is 0 Å². The van der Waals surface area contributed by atoms with Crippen molar-refractivity contribution in [2.24, 2.45) is 5.92 Å². The van der Waals surface area contributed by atoms with Crippen LogP contribution in [0.2, 0.25) is 19.6 Å². The standard InChI is InChI=1S/C16H24OSSi/c1-19(2,3)10-9-15-12-18-13-16(15)17-11-14-7-5-4-6-8-14/h12-14H,4-8,11H2,1-3H3. The molecule has 1 saturated carbocycles. The first-order chi connectivity index (χ1) is 9.04. The lowest BCUT2D eigenvalue weighted by molar-refractivity contribution is 0.209. The van der Waals surface area contributed by atoms with Gasteiger partial charge in [-0.2, -0.15) is 0 Å². The van der Waals surface area contributed by atoms with Crippen LogP contribution >= 0.6 is 11.3 Å². The summed E-state index contributed by atoms with van der Waals surface area (Å²) in [5.41, 5.74) is 4.50. The molecule has 2 rings (SSSR count). The summed E-state index contributed by atoms with van der Waals surface area (Å²) in [7, 11) is -1.30. The molecule has 3 heteroatoms. The molecule has 1 aromatic rings. The van der Waals surface area contributed by atoms with Crippen molar-refractivity contribution in [1.29, 1.82) is 0 Å². The van der Waals surface area contributed by atoms with Crippen molar-refractivity contribution < 1.29 is 4.74 Å². The second-order valence-corrected chi connectivity index (χ2v) is 12.0. The molecule has 1 aliphatic carbocycles. The number of thiophene rings is 1. The van der Waals surface area contributed by atoms with E-state index >= 15 is 0 Å². The van der Waals surface area contributed by atoms with E-state index in [2.05, 4.69) is 41.9 Å². The quantitative estimate of drug-likeness (QED) is 0.566. The van der Waals surface area contributed by atoms with E-state index in [1.54, 1.807) is 11.3 Å². The Morgan fingerprint density at radius 1 is 1.21 bits per heavy atom. The van der Waals surface area contributed by atoms with Gasteiger partial charge in [0.25, 0.3) is 0 Å². The number of ether oxygens (including phenoxy) is 1. The summed E-state index contributed by atoms with van der Waals surface area (Å²) in [6, 6.07) is 0. The summed E-state index contributed by atoms with van der Waals surface area (Å²) in [6.07, 6.45) is 6.82. The number of hydrogen-bond donors (Lipinski definition) is 0. The lowest BCUT2D eigenvalue weighted by Crippen LogP contribution is -2.16. The van der Waals surface area contributed by atoms with Crippen LogP contribution in [0.3, 0.4) is 0 Å². The third kappa shape index (κ3) is 5.04. The van der Waals surface area contributed by atoms with Crippen LogP contribution in [0.15, 0.2) is 10.8 Å². The molecule has 0 saturated heterocycles. The first-order valence-electron chi connectivity index (χ1n) is 7.27. The zero-order chi connectivity index (χ0) is 13.7. The Hall–Kier alpha value is -0.723. The predicted molar refractivity (Wildman–Crippen MR) is 86.6 cm³/mol. The summed E-state index contributed by atoms with van der Waals surface area (Å²) >= 11 is 1.69. The minimum atomic E-state index is -1.30. The third-order valence-corrected chi connectivity index (χ3v) is 4.99. The highest BCUT2D eigenvalue weighted by molar-refractivity contribution is 7.08. The molecule has 0 radical (unpaired) electrons. The van der Waals surface area contributed by atoms with E-state index in [4.69, 9.17) is 4.74 Å². The summed E-state index contributed by atoms with van der Waals surface area (Å²) in [5.74, 6) is 5.08. The third-order valence-electron chi connectivity index (χ3n) is 3.40. The fraction of sp³-hybridized carbons (Fsp3) is 0.625. The maximum Gasteiger partial charge on any atom is 0.145 e. The Morgan fingerprint density at radius 3 is 2.63 bits per heavy atom. The molecule has 0 amide bonds. The Bertz CT molecular complexity index is 455. The van der Waals surface area contributed by atoms with Gasteiger partial charge in [0.15, 0.2) is 0 Å². The van der Waals surface area contributed by atoms with Gasteiger partial charge in [0.05, 0.1) is 12.2 Å². The zero-order valence-electron chi connectivity index (χ0n) is 12.3. The maximum absolute atomic E-state index is 6.01. The summed E-state index contributed by atoms with van der Waals surface area (Å²) in [5, 5.41) is 4.21. The van der Waals surface area contributed by atoms with Gasteiger partial charge in [0.1, 0.15) is 13.8 Å². The molecule has 1 nitrogen and oxygen atoms in total. The van der Waals surface area contributed by atoms with E-state index < -0.39 is 8.07 Å². The molecule has 0 aromatic carbocycles. The normalized spacial score (nSPS) is 16.8. The van der Waals surface area contributed by atoms with Crippen LogP contribution in [-0.4, -0.2) is 14.7 Å². The summed E-state index contributed by atoms with van der Waals surface area (Å²) < 4.78 is 6.01. The molecular formula is C16H24OSSi. The Kier molecular flexibility index (Phi) is 5.12. The van der Waals surface area contributed by atoms with Crippen molar-refractivity contribution in [3.63, 3.8) is 0 Å². The molecule has 104 valence electrons. The van der Waals surface area contributed by atoms with Crippen molar-refractivity contribution in [1.82, 2.24) is 0 Å². The Labute approximate surface area is 122 Å². The van der Waals surface area contributed by atoms with Crippen molar-refractivity contribution in [3.8, 4) is 17.2 Å². The van der Waals surface area contributed by atoms with E-state index in [0.717, 1.165) is 23.8 Å². The monoisotopic (exact) mass is 292 g/mol. The van der Waals surface area contributed by atoms with Gasteiger partial charge in [-0.05, 0) is 18.8 Å². The van der Waals surface area contributed by atoms with Crippen molar-refractivity contribution in [3.05, 3.63) is 16.3 Å². The van der Waals surface area contributed by atoms with Gasteiger partial charge < -0.3 is 4.74 Å². The van der Waals surface area contributed by atoms with Gasteiger partial charge in [-0.25, -0.2) is 0 Å². The molecule has 0 spiro atoms. The maximum atomic E-state index is 6.01. The first-order valence-corrected chi connectivity index (χ1v) is 11.7. The summed E-state index contributed by atoms with van der Waals surface area (Å²) in [6.45, 7) is 7.69. The number of hydrogen-bond acceptors (Lipinski definition) is 2. The fourth-order valence-corrected chi connectivity index (χ4v) is 3.51. The topological polar surface area (TPSA) is 9.23 Å². The highest BCUT2D eigenvalue weighted by Crippen LogP contribution is 2.27. The van der Waals surface area contributed by atoms with Gasteiger partial charge in [0, 0.05) is 10.8 Å². The van der Waals surface area contributed by atoms with Gasteiger partial charge in [-0.1, -0.05) is 44.8 Å². The SMILES string of the molecule is C[Si](C)(C)C#Cc1cscc1OCC1CCCCC1. The second-order valence-electron chi connectivity index (χ2n) is 6.46. The van der Waals surface area contributed by atoms with Crippen LogP contribution in [-0.2, 0) is 0 Å². The van der Waals surface area contributed by atoms with E-state index in [9.17, 15) is 0 Å². The van der Waals surface area contributed by atoms with Crippen molar-refractivity contribution >= 4 is 19.4 Å². The molecule has 1 fully saturated rings. The fourth-order valence-electron chi connectivity index (χ4n) is 2.30. The highest BCUT2D eigenvalue weighted by atomic mass is 32.1. The van der Waals surface area contributed by atoms with Crippen LogP contribution < -0.4 is 4.74 Å². The Balaban J connectivity index is 1.93. The molecule has 0 bridgehead atoms. The molecular weight excluding hydrogens is 268 g/mol. The van der Waals surface area contributed by atoms with E-state index in [1.165, 1.54) is 32.1 Å². The van der Waals surface area contributed by atoms with Crippen LogP contribution in [0.4, 0.5) is 0 Å². The largest absolute Gasteiger partial charge is 0.491 e. The van der Waals surface area contributed by atoms with Gasteiger partial charge >= 0.3 is 0 Å². The average molecular weight is 293 g/mol. The van der Waals surface area contributed by atoms with Crippen LogP contribution in [0.5, 0.6) is 5.75 Å². The minimum Gasteiger partial charge on any atom is -0.491 e. The summed E-state index contributed by atoms with van der Waals surface area (Å²) in [4.78, 5) is 0. The Morgan fingerprint density at radius 2 is 1.95 bits per heavy atom. The molecule has 1 heterocycles. The predicted octanol–water partition coefficient (Wildman–Crippen LogP) is 4.94. The lowest BCUT2D eigenvalue weighted by atomic mass is 9.90. The minimum absolute atomic E-state index is 0.756. The highest BCUT2D eigenvalue weighted by Gasteiger charge is 2.15. The molecule has 19 heavy (non-hydrogen) atoms. The molecule has 1 aliphatic rings. The molecule has 0 unspecified atom stereocenters. The number of rotatable bonds is 3. The molecule has 1 aromatic heterocycles. The van der Waals surface area contributed by atoms with E-state index in [-0.39, 0.29) is 0 Å². The van der Waals surface area contributed by atoms with Crippen LogP contribution in [0, 0.1) is 17.4 Å². The van der Waals surface area contributed by atoms with Gasteiger partial charge in [0.2, 0.25) is 0 Å². The van der Waals surface area contributed by atoms with Crippen LogP contribution in [0.25, 0.3) is 0 Å². The van der Waals surface area contributed by atoms with Gasteiger partial charge in [-0.3, -0.25) is 0 Å². The average Bonchev–Trinajstić information content (AvgIpc) is 2.82. The van der Waals surface area contributed by atoms with Crippen molar-refractivity contribution in [2.45, 2.75) is 51.7 Å². The second kappa shape index (κ2) is 6.63. The zero-order valence-corrected chi connectivity index (χ0v) is 14.1. The molecule has 0 N–H and O–H groups in total. The first kappa shape index (κ1) is 14.7. The van der Waals surface area contributed by atoms with Gasteiger partial charge in [-0.15, -0.1) is 16.9 Å².